The first kappa shape index (κ1) is 14.4. The van der Waals surface area contributed by atoms with Gasteiger partial charge >= 0.3 is 0 Å². The van der Waals surface area contributed by atoms with Gasteiger partial charge in [-0.2, -0.15) is 5.10 Å². The molecule has 0 unspecified atom stereocenters. The predicted octanol–water partition coefficient (Wildman–Crippen LogP) is 1.98. The monoisotopic (exact) mass is 364 g/mol. The van der Waals surface area contributed by atoms with Crippen LogP contribution in [0.4, 0.5) is 15.8 Å². The van der Waals surface area contributed by atoms with Gasteiger partial charge in [-0.1, -0.05) is 15.9 Å². The number of imidazole rings is 1. The highest BCUT2D eigenvalue weighted by atomic mass is 79.9. The largest absolute Gasteiger partial charge is 0.351 e. The zero-order valence-corrected chi connectivity index (χ0v) is 12.6. The number of nitrogens with one attached hydrogen (secondary N) is 2. The Morgan fingerprint density at radius 1 is 1.32 bits per heavy atom. The van der Waals surface area contributed by atoms with E-state index >= 15 is 0 Å². The Hall–Kier alpha value is -2.52. The quantitative estimate of drug-likeness (QED) is 0.375. The van der Waals surface area contributed by atoms with Crippen LogP contribution in [0.2, 0.25) is 0 Å². The first-order chi connectivity index (χ1) is 10.6. The third-order valence-electron chi connectivity index (χ3n) is 2.93. The van der Waals surface area contributed by atoms with Gasteiger partial charge in [-0.25, -0.2) is 19.7 Å². The minimum Gasteiger partial charge on any atom is -0.351 e. The number of carbonyl (C=O) groups excluding carboxylic acids is 1. The highest BCUT2D eigenvalue weighted by Gasteiger charge is 2.16. The molecule has 0 saturated heterocycles. The van der Waals surface area contributed by atoms with Crippen molar-refractivity contribution in [3.05, 3.63) is 52.6 Å². The molecule has 112 valence electrons. The fraction of sp³-hybridized carbons (Fsp3) is 0. The molecule has 9 heteroatoms. The number of nitrogens with zero attached hydrogens (tertiary/aromatic N) is 3. The van der Waals surface area contributed by atoms with Gasteiger partial charge in [0.15, 0.2) is 11.3 Å². The molecule has 0 spiro atoms. The van der Waals surface area contributed by atoms with E-state index in [1.165, 1.54) is 16.8 Å². The number of carbonyl (C=O) groups is 1. The van der Waals surface area contributed by atoms with Crippen molar-refractivity contribution < 1.29 is 9.18 Å². The molecule has 1 aromatic carbocycles. The standard InChI is InChI=1S/C13H10BrFN6O/c14-7-1-2-9(8(15)5-7)18-10-6-11-17-3-4-21(11)20-12(10)13(22)19-16/h1-6,18H,16H2,(H,19,22). The summed E-state index contributed by atoms with van der Waals surface area (Å²) in [6, 6.07) is 6.11. The number of nitrogens with two attached hydrogens (primary N) is 1. The van der Waals surface area contributed by atoms with Crippen LogP contribution in [0, 0.1) is 5.82 Å². The number of hydrogen-bond donors (Lipinski definition) is 3. The van der Waals surface area contributed by atoms with Crippen molar-refractivity contribution in [2.24, 2.45) is 5.84 Å². The highest BCUT2D eigenvalue weighted by Crippen LogP contribution is 2.25. The van der Waals surface area contributed by atoms with Crippen molar-refractivity contribution in [3.8, 4) is 0 Å². The smallest absolute Gasteiger partial charge is 0.287 e. The molecule has 0 bridgehead atoms. The number of rotatable bonds is 3. The molecular formula is C13H10BrFN6O. The summed E-state index contributed by atoms with van der Waals surface area (Å²) < 4.78 is 16.0. The summed E-state index contributed by atoms with van der Waals surface area (Å²) in [5.74, 6) is 4.09. The number of hydrogen-bond acceptors (Lipinski definition) is 5. The lowest BCUT2D eigenvalue weighted by Crippen LogP contribution is -2.31. The molecule has 3 rings (SSSR count). The van der Waals surface area contributed by atoms with Crippen LogP contribution in [0.3, 0.4) is 0 Å². The number of fused-ring (bicyclic) bond motifs is 1. The van der Waals surface area contributed by atoms with E-state index in [0.29, 0.717) is 15.8 Å². The zero-order chi connectivity index (χ0) is 15.7. The van der Waals surface area contributed by atoms with Crippen LogP contribution in [-0.4, -0.2) is 20.5 Å². The molecule has 0 aliphatic rings. The molecule has 22 heavy (non-hydrogen) atoms. The van der Waals surface area contributed by atoms with Crippen LogP contribution < -0.4 is 16.6 Å². The Morgan fingerprint density at radius 2 is 2.14 bits per heavy atom. The first-order valence-corrected chi connectivity index (χ1v) is 6.95. The van der Waals surface area contributed by atoms with Gasteiger partial charge < -0.3 is 5.32 Å². The number of anilines is 2. The van der Waals surface area contributed by atoms with Gasteiger partial charge in [-0.15, -0.1) is 0 Å². The fourth-order valence-corrected chi connectivity index (χ4v) is 2.26. The molecular weight excluding hydrogens is 355 g/mol. The average molecular weight is 365 g/mol. The van der Waals surface area contributed by atoms with Crippen molar-refractivity contribution in [1.29, 1.82) is 0 Å². The fourth-order valence-electron chi connectivity index (χ4n) is 1.92. The maximum atomic E-state index is 13.9. The lowest BCUT2D eigenvalue weighted by Gasteiger charge is -2.11. The SMILES string of the molecule is NNC(=O)c1nn2ccnc2cc1Nc1ccc(Br)cc1F. The molecule has 2 aromatic heterocycles. The maximum absolute atomic E-state index is 13.9. The third kappa shape index (κ3) is 2.63. The van der Waals surface area contributed by atoms with Crippen LogP contribution in [0.1, 0.15) is 10.5 Å². The Bertz CT molecular complexity index is 865. The lowest BCUT2D eigenvalue weighted by atomic mass is 10.2. The summed E-state index contributed by atoms with van der Waals surface area (Å²) in [6.45, 7) is 0. The number of nitrogen functional groups attached to an aromatic ring is 1. The van der Waals surface area contributed by atoms with Crippen molar-refractivity contribution in [2.75, 3.05) is 5.32 Å². The molecule has 3 aromatic rings. The molecule has 0 radical (unpaired) electrons. The molecule has 2 heterocycles. The van der Waals surface area contributed by atoms with E-state index in [2.05, 4.69) is 31.3 Å². The summed E-state index contributed by atoms with van der Waals surface area (Å²) in [5.41, 5.74) is 3.04. The minimum atomic E-state index is -0.601. The zero-order valence-electron chi connectivity index (χ0n) is 11.0. The Labute approximate surface area is 132 Å². The number of halogens is 2. The molecule has 0 atom stereocenters. The van der Waals surface area contributed by atoms with Crippen molar-refractivity contribution in [2.45, 2.75) is 0 Å². The summed E-state index contributed by atoms with van der Waals surface area (Å²) in [6.07, 6.45) is 3.13. The van der Waals surface area contributed by atoms with E-state index in [-0.39, 0.29) is 11.4 Å². The van der Waals surface area contributed by atoms with E-state index in [4.69, 9.17) is 5.84 Å². The number of amides is 1. The van der Waals surface area contributed by atoms with Gasteiger partial charge in [0.05, 0.1) is 11.4 Å². The second-order valence-electron chi connectivity index (χ2n) is 4.36. The van der Waals surface area contributed by atoms with Crippen molar-refractivity contribution >= 4 is 38.9 Å². The van der Waals surface area contributed by atoms with E-state index in [9.17, 15) is 9.18 Å². The molecule has 0 aliphatic heterocycles. The average Bonchev–Trinajstić information content (AvgIpc) is 2.95. The van der Waals surface area contributed by atoms with Gasteiger partial charge in [-0.05, 0) is 18.2 Å². The normalized spacial score (nSPS) is 10.7. The molecule has 0 aliphatic carbocycles. The maximum Gasteiger partial charge on any atom is 0.287 e. The van der Waals surface area contributed by atoms with E-state index in [0.717, 1.165) is 0 Å². The minimum absolute atomic E-state index is 0.0234. The topological polar surface area (TPSA) is 97.3 Å². The van der Waals surface area contributed by atoms with Gasteiger partial charge in [0.2, 0.25) is 0 Å². The van der Waals surface area contributed by atoms with Gasteiger partial charge in [0.25, 0.3) is 5.91 Å². The van der Waals surface area contributed by atoms with Crippen LogP contribution in [0.25, 0.3) is 5.65 Å². The van der Waals surface area contributed by atoms with Crippen LogP contribution in [0.15, 0.2) is 41.1 Å². The lowest BCUT2D eigenvalue weighted by molar-refractivity contribution is 0.0948. The van der Waals surface area contributed by atoms with Gasteiger partial charge in [-0.3, -0.25) is 10.2 Å². The summed E-state index contributed by atoms with van der Waals surface area (Å²) in [4.78, 5) is 15.9. The highest BCUT2D eigenvalue weighted by molar-refractivity contribution is 9.10. The molecule has 4 N–H and O–H groups in total. The Balaban J connectivity index is 2.09. The van der Waals surface area contributed by atoms with Crippen molar-refractivity contribution in [1.82, 2.24) is 20.0 Å². The van der Waals surface area contributed by atoms with Crippen LogP contribution in [0.5, 0.6) is 0 Å². The van der Waals surface area contributed by atoms with Crippen LogP contribution in [-0.2, 0) is 0 Å². The Kier molecular flexibility index (Phi) is 3.73. The Morgan fingerprint density at radius 3 is 2.86 bits per heavy atom. The summed E-state index contributed by atoms with van der Waals surface area (Å²) >= 11 is 3.18. The number of hydrazine groups is 1. The summed E-state index contributed by atoms with van der Waals surface area (Å²) in [5, 5.41) is 6.95. The first-order valence-electron chi connectivity index (χ1n) is 6.16. The predicted molar refractivity (Wildman–Crippen MR) is 82.0 cm³/mol. The van der Waals surface area contributed by atoms with Crippen molar-refractivity contribution in [3.63, 3.8) is 0 Å². The van der Waals surface area contributed by atoms with Gasteiger partial charge in [0.1, 0.15) is 5.82 Å². The second kappa shape index (κ2) is 5.70. The molecule has 1 amide bonds. The van der Waals surface area contributed by atoms with E-state index in [1.54, 1.807) is 24.4 Å². The molecule has 0 fully saturated rings. The molecule has 0 saturated carbocycles. The summed E-state index contributed by atoms with van der Waals surface area (Å²) in [7, 11) is 0. The van der Waals surface area contributed by atoms with Gasteiger partial charge in [0, 0.05) is 22.9 Å². The van der Waals surface area contributed by atoms with Crippen LogP contribution >= 0.6 is 15.9 Å². The third-order valence-corrected chi connectivity index (χ3v) is 3.43. The van der Waals surface area contributed by atoms with E-state index < -0.39 is 11.7 Å². The second-order valence-corrected chi connectivity index (χ2v) is 5.27. The number of aromatic nitrogens is 3. The number of benzene rings is 1. The molecule has 7 nitrogen and oxygen atoms in total. The van der Waals surface area contributed by atoms with E-state index in [1.807, 2.05) is 5.43 Å².